The van der Waals surface area contributed by atoms with E-state index in [1.54, 1.807) is 13.1 Å². The zero-order valence-corrected chi connectivity index (χ0v) is 17.5. The maximum atomic E-state index is 13.0. The molecule has 1 aliphatic rings. The van der Waals surface area contributed by atoms with Gasteiger partial charge < -0.3 is 4.90 Å². The van der Waals surface area contributed by atoms with Crippen LogP contribution in [-0.4, -0.2) is 33.0 Å². The van der Waals surface area contributed by atoms with E-state index < -0.39 is 0 Å². The molecule has 1 atom stereocenters. The molecule has 3 aromatic rings. The third-order valence-corrected chi connectivity index (χ3v) is 7.59. The predicted molar refractivity (Wildman–Crippen MR) is 114 cm³/mol. The number of carbonyl (C=O) groups is 1. The number of aromatic nitrogens is 2. The van der Waals surface area contributed by atoms with Crippen molar-refractivity contribution < 1.29 is 4.79 Å². The van der Waals surface area contributed by atoms with Crippen LogP contribution < -0.4 is 10.5 Å². The fourth-order valence-corrected chi connectivity index (χ4v) is 5.83. The van der Waals surface area contributed by atoms with Crippen LogP contribution in [0.15, 0.2) is 50.6 Å². The van der Waals surface area contributed by atoms with Gasteiger partial charge in [0.25, 0.3) is 5.56 Å². The average molecular weight is 418 g/mol. The van der Waals surface area contributed by atoms with Crippen molar-refractivity contribution in [3.8, 4) is 0 Å². The summed E-state index contributed by atoms with van der Waals surface area (Å²) in [5, 5.41) is 3.55. The summed E-state index contributed by atoms with van der Waals surface area (Å²) in [6.45, 7) is 2.90. The Hall–Kier alpha value is -1.77. The number of fused-ring (bicyclic) bond motifs is 2. The Morgan fingerprint density at radius 3 is 3.00 bits per heavy atom. The maximum Gasteiger partial charge on any atom is 0.262 e. The third kappa shape index (κ3) is 3.66. The van der Waals surface area contributed by atoms with Crippen LogP contribution in [0.1, 0.15) is 13.3 Å². The van der Waals surface area contributed by atoms with Gasteiger partial charge in [-0.05, 0) is 30.0 Å². The van der Waals surface area contributed by atoms with Crippen molar-refractivity contribution in [3.05, 3.63) is 46.1 Å². The summed E-state index contributed by atoms with van der Waals surface area (Å²) in [7, 11) is 1.71. The molecule has 0 saturated heterocycles. The summed E-state index contributed by atoms with van der Waals surface area (Å²) in [4.78, 5) is 33.7. The van der Waals surface area contributed by atoms with Crippen molar-refractivity contribution in [3.63, 3.8) is 0 Å². The Morgan fingerprint density at radius 1 is 1.33 bits per heavy atom. The van der Waals surface area contributed by atoms with Crippen LogP contribution in [-0.2, 0) is 11.8 Å². The molecule has 0 bridgehead atoms. The minimum Gasteiger partial charge on any atom is -0.311 e. The van der Waals surface area contributed by atoms with Gasteiger partial charge in [-0.15, -0.1) is 23.1 Å². The summed E-state index contributed by atoms with van der Waals surface area (Å²) in [5.41, 5.74) is 0.912. The van der Waals surface area contributed by atoms with Gasteiger partial charge in [0.2, 0.25) is 5.91 Å². The second kappa shape index (κ2) is 7.69. The van der Waals surface area contributed by atoms with Crippen molar-refractivity contribution in [1.29, 1.82) is 0 Å². The molecule has 0 saturated carbocycles. The van der Waals surface area contributed by atoms with Gasteiger partial charge in [-0.2, -0.15) is 0 Å². The molecule has 0 N–H and O–H groups in total. The molecule has 140 valence electrons. The van der Waals surface area contributed by atoms with Crippen LogP contribution in [0.5, 0.6) is 0 Å². The standard InChI is InChI=1S/C19H19N3O2S3/c1-12-7-9-22(14-5-3-4-6-15(14)27-12)16(23)11-26-19-20-17-13(8-10-25-17)18(24)21(19)2/h3-6,8,10,12H,7,9,11H2,1-2H3/t12-/m0/s1. The highest BCUT2D eigenvalue weighted by molar-refractivity contribution is 8.00. The van der Waals surface area contributed by atoms with E-state index in [4.69, 9.17) is 0 Å². The number of hydrogen-bond donors (Lipinski definition) is 0. The van der Waals surface area contributed by atoms with E-state index >= 15 is 0 Å². The van der Waals surface area contributed by atoms with Gasteiger partial charge in [0.05, 0.1) is 16.8 Å². The van der Waals surface area contributed by atoms with Gasteiger partial charge in [-0.25, -0.2) is 4.98 Å². The van der Waals surface area contributed by atoms with E-state index in [9.17, 15) is 9.59 Å². The van der Waals surface area contributed by atoms with Crippen molar-refractivity contribution in [2.45, 2.75) is 28.6 Å². The molecular formula is C19H19N3O2S3. The molecule has 0 unspecified atom stereocenters. The largest absolute Gasteiger partial charge is 0.311 e. The van der Waals surface area contributed by atoms with Crippen LogP contribution in [0.2, 0.25) is 0 Å². The number of hydrogen-bond acceptors (Lipinski definition) is 6. The fraction of sp³-hybridized carbons (Fsp3) is 0.316. The van der Waals surface area contributed by atoms with Gasteiger partial charge in [-0.3, -0.25) is 14.2 Å². The zero-order chi connectivity index (χ0) is 19.0. The molecule has 4 rings (SSSR count). The predicted octanol–water partition coefficient (Wildman–Crippen LogP) is 4.00. The Kier molecular flexibility index (Phi) is 5.29. The first-order chi connectivity index (χ1) is 13.0. The first-order valence-corrected chi connectivity index (χ1v) is 11.4. The number of benzene rings is 1. The molecular weight excluding hydrogens is 398 g/mol. The first kappa shape index (κ1) is 18.6. The summed E-state index contributed by atoms with van der Waals surface area (Å²) < 4.78 is 1.53. The highest BCUT2D eigenvalue weighted by atomic mass is 32.2. The molecule has 8 heteroatoms. The number of para-hydroxylation sites is 1. The summed E-state index contributed by atoms with van der Waals surface area (Å²) in [6, 6.07) is 9.86. The monoisotopic (exact) mass is 417 g/mol. The highest BCUT2D eigenvalue weighted by Crippen LogP contribution is 2.37. The molecule has 2 aromatic heterocycles. The zero-order valence-electron chi connectivity index (χ0n) is 15.0. The Labute approximate surface area is 169 Å². The van der Waals surface area contributed by atoms with Crippen LogP contribution in [0.3, 0.4) is 0 Å². The van der Waals surface area contributed by atoms with E-state index in [0.29, 0.717) is 22.3 Å². The molecule has 5 nitrogen and oxygen atoms in total. The van der Waals surface area contributed by atoms with Crippen LogP contribution in [0.25, 0.3) is 10.2 Å². The number of amides is 1. The lowest BCUT2D eigenvalue weighted by Gasteiger charge is -2.22. The fourth-order valence-electron chi connectivity index (χ4n) is 3.06. The minimum atomic E-state index is -0.0680. The lowest BCUT2D eigenvalue weighted by atomic mass is 10.2. The molecule has 0 radical (unpaired) electrons. The van der Waals surface area contributed by atoms with Gasteiger partial charge in [0, 0.05) is 23.7 Å². The van der Waals surface area contributed by atoms with Crippen molar-refractivity contribution in [2.24, 2.45) is 7.05 Å². The topological polar surface area (TPSA) is 55.2 Å². The molecule has 0 fully saturated rings. The molecule has 1 aromatic carbocycles. The number of rotatable bonds is 3. The van der Waals surface area contributed by atoms with Crippen molar-refractivity contribution in [1.82, 2.24) is 9.55 Å². The number of thioether (sulfide) groups is 2. The Morgan fingerprint density at radius 2 is 2.15 bits per heavy atom. The van der Waals surface area contributed by atoms with Crippen molar-refractivity contribution >= 4 is 56.7 Å². The quantitative estimate of drug-likeness (QED) is 0.476. The Bertz CT molecular complexity index is 1060. The van der Waals surface area contributed by atoms with E-state index in [-0.39, 0.29) is 17.2 Å². The second-order valence-electron chi connectivity index (χ2n) is 6.42. The van der Waals surface area contributed by atoms with E-state index in [2.05, 4.69) is 18.0 Å². The van der Waals surface area contributed by atoms with Gasteiger partial charge in [0.15, 0.2) is 5.16 Å². The second-order valence-corrected chi connectivity index (χ2v) is 9.73. The lowest BCUT2D eigenvalue weighted by molar-refractivity contribution is -0.116. The van der Waals surface area contributed by atoms with Gasteiger partial charge >= 0.3 is 0 Å². The van der Waals surface area contributed by atoms with Crippen molar-refractivity contribution in [2.75, 3.05) is 17.2 Å². The lowest BCUT2D eigenvalue weighted by Crippen LogP contribution is -2.34. The number of nitrogens with zero attached hydrogens (tertiary/aromatic N) is 3. The molecule has 0 aliphatic carbocycles. The third-order valence-electron chi connectivity index (χ3n) is 4.53. The number of thiophene rings is 1. The average Bonchev–Trinajstić information content (AvgIpc) is 3.06. The van der Waals surface area contributed by atoms with Crippen LogP contribution >= 0.6 is 34.9 Å². The summed E-state index contributed by atoms with van der Waals surface area (Å²) in [6.07, 6.45) is 0.952. The molecule has 27 heavy (non-hydrogen) atoms. The summed E-state index contributed by atoms with van der Waals surface area (Å²) in [5.74, 6) is 0.299. The maximum absolute atomic E-state index is 13.0. The van der Waals surface area contributed by atoms with E-state index in [1.807, 2.05) is 40.2 Å². The molecule has 1 aliphatic heterocycles. The molecule has 1 amide bonds. The SMILES string of the molecule is C[C@H]1CCN(C(=O)CSc2nc3sccc3c(=O)n2C)c2ccccc2S1. The normalized spacial score (nSPS) is 17.0. The molecule has 0 spiro atoms. The Balaban J connectivity index is 1.56. The van der Waals surface area contributed by atoms with Crippen LogP contribution in [0.4, 0.5) is 5.69 Å². The van der Waals surface area contributed by atoms with Gasteiger partial charge in [-0.1, -0.05) is 30.8 Å². The summed E-state index contributed by atoms with van der Waals surface area (Å²) >= 11 is 4.59. The van der Waals surface area contributed by atoms with Crippen LogP contribution in [0, 0.1) is 0 Å². The van der Waals surface area contributed by atoms with Gasteiger partial charge in [0.1, 0.15) is 4.83 Å². The first-order valence-electron chi connectivity index (χ1n) is 8.67. The molecule has 3 heterocycles. The number of anilines is 1. The highest BCUT2D eigenvalue weighted by Gasteiger charge is 2.24. The van der Waals surface area contributed by atoms with E-state index in [0.717, 1.165) is 21.8 Å². The van der Waals surface area contributed by atoms with E-state index in [1.165, 1.54) is 27.7 Å². The smallest absolute Gasteiger partial charge is 0.262 e. The minimum absolute atomic E-state index is 0.0441. The number of carbonyl (C=O) groups excluding carboxylic acids is 1.